The van der Waals surface area contributed by atoms with Crippen LogP contribution < -0.4 is 5.32 Å². The molecule has 0 radical (unpaired) electrons. The van der Waals surface area contributed by atoms with Crippen LogP contribution in [0.15, 0.2) is 38.5 Å². The molecule has 9 heteroatoms. The second kappa shape index (κ2) is 7.66. The molecule has 3 aromatic rings. The van der Waals surface area contributed by atoms with Gasteiger partial charge in [0.2, 0.25) is 5.91 Å². The summed E-state index contributed by atoms with van der Waals surface area (Å²) in [7, 11) is 0. The SMILES string of the molecule is CC(=O)NCc1ccc(C(=O)CSc2nnc(-c3ccoc3C)o2)s1. The normalized spacial score (nSPS) is 10.8. The molecule has 130 valence electrons. The van der Waals surface area contributed by atoms with Crippen molar-refractivity contribution in [1.82, 2.24) is 15.5 Å². The zero-order valence-corrected chi connectivity index (χ0v) is 15.2. The predicted octanol–water partition coefficient (Wildman–Crippen LogP) is 3.31. The Kier molecular flexibility index (Phi) is 5.34. The standard InChI is InChI=1S/C16H15N3O4S2/c1-9-12(5-6-22-9)15-18-19-16(23-15)24-8-13(21)14-4-3-11(25-14)7-17-10(2)20/h3-6H,7-8H2,1-2H3,(H,17,20). The topological polar surface area (TPSA) is 98.2 Å². The van der Waals surface area contributed by atoms with Gasteiger partial charge >= 0.3 is 0 Å². The van der Waals surface area contributed by atoms with Crippen LogP contribution >= 0.6 is 23.1 Å². The van der Waals surface area contributed by atoms with Crippen molar-refractivity contribution in [3.05, 3.63) is 40.0 Å². The summed E-state index contributed by atoms with van der Waals surface area (Å²) < 4.78 is 10.8. The van der Waals surface area contributed by atoms with Gasteiger partial charge < -0.3 is 14.2 Å². The molecule has 0 bridgehead atoms. The lowest BCUT2D eigenvalue weighted by molar-refractivity contribution is -0.119. The Bertz CT molecular complexity index is 897. The first-order chi connectivity index (χ1) is 12.0. The maximum Gasteiger partial charge on any atom is 0.277 e. The molecule has 0 fully saturated rings. The van der Waals surface area contributed by atoms with Crippen LogP contribution in [-0.4, -0.2) is 27.6 Å². The monoisotopic (exact) mass is 377 g/mol. The zero-order valence-electron chi connectivity index (χ0n) is 13.6. The number of rotatable bonds is 7. The number of aromatic nitrogens is 2. The van der Waals surface area contributed by atoms with E-state index in [1.54, 1.807) is 18.4 Å². The van der Waals surface area contributed by atoms with Gasteiger partial charge in [-0.1, -0.05) is 11.8 Å². The molecule has 0 aliphatic carbocycles. The molecule has 0 saturated heterocycles. The molecule has 0 aliphatic rings. The van der Waals surface area contributed by atoms with Crippen LogP contribution in [0.1, 0.15) is 27.2 Å². The van der Waals surface area contributed by atoms with E-state index in [-0.39, 0.29) is 17.4 Å². The van der Waals surface area contributed by atoms with Gasteiger partial charge in [-0.2, -0.15) is 0 Å². The molecule has 3 aromatic heterocycles. The molecule has 0 aliphatic heterocycles. The number of Topliss-reactive ketones (excluding diaryl/α,β-unsaturated/α-hetero) is 1. The Hall–Kier alpha value is -2.39. The fourth-order valence-electron chi connectivity index (χ4n) is 2.02. The number of aryl methyl sites for hydroxylation is 1. The molecule has 0 aromatic carbocycles. The van der Waals surface area contributed by atoms with Crippen LogP contribution in [0.5, 0.6) is 0 Å². The van der Waals surface area contributed by atoms with Crippen molar-refractivity contribution in [2.45, 2.75) is 25.6 Å². The third-order valence-corrected chi connectivity index (χ3v) is 5.22. The number of hydrogen-bond donors (Lipinski definition) is 1. The highest BCUT2D eigenvalue weighted by molar-refractivity contribution is 7.99. The summed E-state index contributed by atoms with van der Waals surface area (Å²) in [5.41, 5.74) is 0.742. The van der Waals surface area contributed by atoms with Gasteiger partial charge in [0.15, 0.2) is 5.78 Å². The molecule has 3 rings (SSSR count). The predicted molar refractivity (Wildman–Crippen MR) is 93.6 cm³/mol. The number of hydrogen-bond acceptors (Lipinski definition) is 8. The second-order valence-electron chi connectivity index (χ2n) is 5.15. The number of amides is 1. The quantitative estimate of drug-likeness (QED) is 0.498. The number of nitrogens with zero attached hydrogens (tertiary/aromatic N) is 2. The lowest BCUT2D eigenvalue weighted by Crippen LogP contribution is -2.18. The Balaban J connectivity index is 1.57. The van der Waals surface area contributed by atoms with Crippen molar-refractivity contribution >= 4 is 34.8 Å². The van der Waals surface area contributed by atoms with E-state index >= 15 is 0 Å². The van der Waals surface area contributed by atoms with Crippen LogP contribution in [0, 0.1) is 6.92 Å². The molecule has 1 N–H and O–H groups in total. The van der Waals surface area contributed by atoms with Crippen molar-refractivity contribution < 1.29 is 18.4 Å². The van der Waals surface area contributed by atoms with Gasteiger partial charge in [0, 0.05) is 11.8 Å². The highest BCUT2D eigenvalue weighted by Gasteiger charge is 2.16. The van der Waals surface area contributed by atoms with Crippen molar-refractivity contribution in [2.24, 2.45) is 0 Å². The molecule has 1 amide bonds. The molecule has 0 spiro atoms. The Morgan fingerprint density at radius 1 is 1.28 bits per heavy atom. The minimum atomic E-state index is -0.100. The first kappa shape index (κ1) is 17.4. The lowest BCUT2D eigenvalue weighted by atomic mass is 10.3. The zero-order chi connectivity index (χ0) is 17.8. The maximum atomic E-state index is 12.3. The molecule has 7 nitrogen and oxygen atoms in total. The Morgan fingerprint density at radius 3 is 2.84 bits per heavy atom. The van der Waals surface area contributed by atoms with E-state index < -0.39 is 0 Å². The third kappa shape index (κ3) is 4.37. The van der Waals surface area contributed by atoms with Crippen molar-refractivity contribution in [2.75, 3.05) is 5.75 Å². The van der Waals surface area contributed by atoms with E-state index in [4.69, 9.17) is 8.83 Å². The maximum absolute atomic E-state index is 12.3. The minimum Gasteiger partial charge on any atom is -0.469 e. The summed E-state index contributed by atoms with van der Waals surface area (Å²) in [6.45, 7) is 3.70. The third-order valence-electron chi connectivity index (χ3n) is 3.27. The first-order valence-electron chi connectivity index (χ1n) is 7.40. The van der Waals surface area contributed by atoms with Crippen molar-refractivity contribution in [1.29, 1.82) is 0 Å². The number of thioether (sulfide) groups is 1. The number of ketones is 1. The van der Waals surface area contributed by atoms with E-state index in [9.17, 15) is 9.59 Å². The first-order valence-corrected chi connectivity index (χ1v) is 9.20. The van der Waals surface area contributed by atoms with E-state index in [0.717, 1.165) is 10.4 Å². The minimum absolute atomic E-state index is 0.0247. The number of carbonyl (C=O) groups is 2. The van der Waals surface area contributed by atoms with Crippen LogP contribution in [0.2, 0.25) is 0 Å². The van der Waals surface area contributed by atoms with Gasteiger partial charge in [-0.05, 0) is 25.1 Å². The number of nitrogens with one attached hydrogen (secondary N) is 1. The fourth-order valence-corrected chi connectivity index (χ4v) is 3.64. The van der Waals surface area contributed by atoms with Gasteiger partial charge in [-0.3, -0.25) is 9.59 Å². The number of thiophene rings is 1. The average Bonchev–Trinajstić information content (AvgIpc) is 3.31. The highest BCUT2D eigenvalue weighted by Crippen LogP contribution is 2.27. The van der Waals surface area contributed by atoms with Crippen LogP contribution in [0.3, 0.4) is 0 Å². The summed E-state index contributed by atoms with van der Waals surface area (Å²) in [5.74, 6) is 1.14. The van der Waals surface area contributed by atoms with E-state index in [1.807, 2.05) is 13.0 Å². The van der Waals surface area contributed by atoms with Crippen LogP contribution in [0.25, 0.3) is 11.5 Å². The lowest BCUT2D eigenvalue weighted by Gasteiger charge is -1.97. The van der Waals surface area contributed by atoms with Gasteiger partial charge in [-0.15, -0.1) is 21.5 Å². The Morgan fingerprint density at radius 2 is 2.12 bits per heavy atom. The molecule has 0 unspecified atom stereocenters. The molecule has 0 saturated carbocycles. The van der Waals surface area contributed by atoms with Crippen LogP contribution in [-0.2, 0) is 11.3 Å². The van der Waals surface area contributed by atoms with E-state index in [2.05, 4.69) is 15.5 Å². The molecule has 3 heterocycles. The molecule has 25 heavy (non-hydrogen) atoms. The summed E-state index contributed by atoms with van der Waals surface area (Å²) in [5, 5.41) is 10.9. The Labute approximate surface area is 151 Å². The second-order valence-corrected chi connectivity index (χ2v) is 7.25. The molecular formula is C16H15N3O4S2. The van der Waals surface area contributed by atoms with Crippen LogP contribution in [0.4, 0.5) is 0 Å². The summed E-state index contributed by atoms with van der Waals surface area (Å²) >= 11 is 2.56. The molecular weight excluding hydrogens is 362 g/mol. The highest BCUT2D eigenvalue weighted by atomic mass is 32.2. The van der Waals surface area contributed by atoms with Crippen molar-refractivity contribution in [3.8, 4) is 11.5 Å². The van der Waals surface area contributed by atoms with Gasteiger partial charge in [0.1, 0.15) is 5.76 Å². The smallest absolute Gasteiger partial charge is 0.277 e. The van der Waals surface area contributed by atoms with Crippen molar-refractivity contribution in [3.63, 3.8) is 0 Å². The van der Waals surface area contributed by atoms with Gasteiger partial charge in [0.05, 0.1) is 29.0 Å². The summed E-state index contributed by atoms with van der Waals surface area (Å²) in [6.07, 6.45) is 1.56. The largest absolute Gasteiger partial charge is 0.469 e. The number of furan rings is 1. The van der Waals surface area contributed by atoms with Gasteiger partial charge in [-0.25, -0.2) is 0 Å². The number of carbonyl (C=O) groups excluding carboxylic acids is 2. The van der Waals surface area contributed by atoms with E-state index in [1.165, 1.54) is 30.0 Å². The average molecular weight is 377 g/mol. The van der Waals surface area contributed by atoms with E-state index in [0.29, 0.717) is 28.3 Å². The fraction of sp³-hybridized carbons (Fsp3) is 0.250. The summed E-state index contributed by atoms with van der Waals surface area (Å²) in [6, 6.07) is 5.36. The van der Waals surface area contributed by atoms with Gasteiger partial charge in [0.25, 0.3) is 11.1 Å². The summed E-state index contributed by atoms with van der Waals surface area (Å²) in [4.78, 5) is 24.7. The molecule has 0 atom stereocenters.